The largest absolute Gasteiger partial charge is 0.366 e. The smallest absolute Gasteiger partial charge is 0.158 e. The molecule has 1 fully saturated rings. The fourth-order valence-corrected chi connectivity index (χ4v) is 4.20. The normalized spacial score (nSPS) is 22.3. The Morgan fingerprint density at radius 1 is 1.15 bits per heavy atom. The van der Waals surface area contributed by atoms with Crippen LogP contribution in [0.3, 0.4) is 0 Å². The monoisotopic (exact) mass is 358 g/mol. The molecule has 4 aromatic heterocycles. The Balaban J connectivity index is 1.43. The third kappa shape index (κ3) is 2.59. The molecule has 27 heavy (non-hydrogen) atoms. The lowest BCUT2D eigenvalue weighted by atomic mass is 9.95. The van der Waals surface area contributed by atoms with Gasteiger partial charge in [-0.05, 0) is 24.8 Å². The zero-order chi connectivity index (χ0) is 18.4. The van der Waals surface area contributed by atoms with E-state index in [0.717, 1.165) is 29.7 Å². The molecular weight excluding hydrogens is 340 g/mol. The number of rotatable bonds is 3. The lowest BCUT2D eigenvalue weighted by Crippen LogP contribution is -2.16. The van der Waals surface area contributed by atoms with E-state index in [4.69, 9.17) is 5.26 Å². The number of fused-ring (bicyclic) bond motifs is 3. The lowest BCUT2D eigenvalue weighted by molar-refractivity contribution is 0.520. The molecule has 4 heterocycles. The van der Waals surface area contributed by atoms with Gasteiger partial charge in [-0.15, -0.1) is 0 Å². The lowest BCUT2D eigenvalue weighted by Gasteiger charge is -2.15. The van der Waals surface area contributed by atoms with Crippen molar-refractivity contribution < 1.29 is 0 Å². The van der Waals surface area contributed by atoms with E-state index in [9.17, 15) is 0 Å². The van der Waals surface area contributed by atoms with Gasteiger partial charge in [-0.25, -0.2) is 19.9 Å². The van der Waals surface area contributed by atoms with Crippen LogP contribution in [0.5, 0.6) is 0 Å². The molecular formula is C19H18N8. The first-order chi connectivity index (χ1) is 13.2. The van der Waals surface area contributed by atoms with Crippen LogP contribution in [-0.4, -0.2) is 35.4 Å². The van der Waals surface area contributed by atoms with E-state index < -0.39 is 0 Å². The van der Waals surface area contributed by atoms with Crippen molar-refractivity contribution in [3.8, 4) is 6.07 Å². The van der Waals surface area contributed by atoms with E-state index in [-0.39, 0.29) is 0 Å². The summed E-state index contributed by atoms with van der Waals surface area (Å²) in [6.07, 6.45) is 10.9. The second-order valence-electron chi connectivity index (χ2n) is 7.14. The summed E-state index contributed by atoms with van der Waals surface area (Å²) >= 11 is 0. The van der Waals surface area contributed by atoms with Crippen LogP contribution in [0.4, 0.5) is 5.82 Å². The predicted octanol–water partition coefficient (Wildman–Crippen LogP) is 2.87. The quantitative estimate of drug-likeness (QED) is 0.583. The molecule has 0 bridgehead atoms. The van der Waals surface area contributed by atoms with Gasteiger partial charge in [0.15, 0.2) is 17.0 Å². The molecule has 0 radical (unpaired) electrons. The number of aromatic amines is 1. The summed E-state index contributed by atoms with van der Waals surface area (Å²) in [6.45, 7) is 2.28. The van der Waals surface area contributed by atoms with Crippen LogP contribution in [0.15, 0.2) is 37.1 Å². The number of H-pyrrole nitrogens is 1. The fraction of sp³-hybridized carbons (Fsp3) is 0.316. The summed E-state index contributed by atoms with van der Waals surface area (Å²) in [6, 6.07) is 4.34. The van der Waals surface area contributed by atoms with E-state index in [1.165, 1.54) is 11.9 Å². The Morgan fingerprint density at radius 3 is 2.89 bits per heavy atom. The summed E-state index contributed by atoms with van der Waals surface area (Å²) < 4.78 is 2.21. The molecule has 2 N–H and O–H groups in total. The molecule has 0 aromatic carbocycles. The first-order valence-corrected chi connectivity index (χ1v) is 9.01. The molecule has 134 valence electrons. The molecule has 8 heteroatoms. The van der Waals surface area contributed by atoms with Gasteiger partial charge < -0.3 is 10.3 Å². The van der Waals surface area contributed by atoms with Crippen LogP contribution < -0.4 is 5.32 Å². The minimum atomic E-state index is 0.307. The van der Waals surface area contributed by atoms with Gasteiger partial charge in [0.25, 0.3) is 0 Å². The molecule has 5 rings (SSSR count). The maximum atomic E-state index is 8.85. The van der Waals surface area contributed by atoms with Gasteiger partial charge in [0.1, 0.15) is 11.9 Å². The minimum Gasteiger partial charge on any atom is -0.366 e. The third-order valence-electron chi connectivity index (χ3n) is 5.45. The Kier molecular flexibility index (Phi) is 3.53. The molecule has 0 aliphatic heterocycles. The Hall–Kier alpha value is -3.47. The molecule has 4 aromatic rings. The minimum absolute atomic E-state index is 0.307. The number of anilines is 1. The summed E-state index contributed by atoms with van der Waals surface area (Å²) in [4.78, 5) is 20.5. The van der Waals surface area contributed by atoms with E-state index in [1.54, 1.807) is 6.20 Å². The highest BCUT2D eigenvalue weighted by molar-refractivity contribution is 5.74. The van der Waals surface area contributed by atoms with Crippen molar-refractivity contribution >= 4 is 22.6 Å². The number of nitrogens with one attached hydrogen (secondary N) is 2. The number of imidazole rings is 1. The molecule has 0 amide bonds. The average Bonchev–Trinajstić information content (AvgIpc) is 3.39. The summed E-state index contributed by atoms with van der Waals surface area (Å²) in [5.41, 5.74) is 4.35. The van der Waals surface area contributed by atoms with Gasteiger partial charge in [-0.2, -0.15) is 5.26 Å². The van der Waals surface area contributed by atoms with E-state index in [0.29, 0.717) is 29.4 Å². The topological polar surface area (TPSA) is 108 Å². The molecule has 1 saturated carbocycles. The van der Waals surface area contributed by atoms with Crippen LogP contribution in [0.25, 0.3) is 16.8 Å². The number of aromatic nitrogens is 6. The van der Waals surface area contributed by atoms with Gasteiger partial charge in [0.2, 0.25) is 0 Å². The zero-order valence-corrected chi connectivity index (χ0v) is 14.8. The molecule has 0 spiro atoms. The van der Waals surface area contributed by atoms with E-state index in [2.05, 4.69) is 41.6 Å². The zero-order valence-electron chi connectivity index (χ0n) is 14.8. The first kappa shape index (κ1) is 15.8. The molecule has 1 aliphatic carbocycles. The van der Waals surface area contributed by atoms with Crippen molar-refractivity contribution in [2.45, 2.75) is 31.7 Å². The van der Waals surface area contributed by atoms with Crippen LogP contribution in [0, 0.1) is 17.2 Å². The Labute approximate surface area is 155 Å². The number of hydrogen-bond donors (Lipinski definition) is 2. The molecule has 8 nitrogen and oxygen atoms in total. The van der Waals surface area contributed by atoms with E-state index in [1.807, 2.05) is 30.7 Å². The standard InChI is InChI=1S/C19H18N8/c1-11-4-12(26-17-9-22-13(6-20)7-23-17)5-14(11)16-8-24-18-10-25-19-15(27(16)18)2-3-21-19/h2-3,7-12,14,21H,4-5H2,1H3,(H,23,26)/t11-,12+,14?/m1/s1. The highest BCUT2D eigenvalue weighted by atomic mass is 15.1. The Bertz CT molecular complexity index is 1150. The molecule has 3 atom stereocenters. The van der Waals surface area contributed by atoms with Crippen LogP contribution in [0.1, 0.15) is 37.1 Å². The maximum absolute atomic E-state index is 8.85. The number of hydrogen-bond acceptors (Lipinski definition) is 6. The van der Waals surface area contributed by atoms with Crippen LogP contribution in [0.2, 0.25) is 0 Å². The van der Waals surface area contributed by atoms with Gasteiger partial charge in [0, 0.05) is 30.0 Å². The van der Waals surface area contributed by atoms with Gasteiger partial charge in [-0.1, -0.05) is 6.92 Å². The molecule has 1 unspecified atom stereocenters. The fourth-order valence-electron chi connectivity index (χ4n) is 4.20. The highest BCUT2D eigenvalue weighted by Crippen LogP contribution is 2.41. The number of nitriles is 1. The van der Waals surface area contributed by atoms with Crippen molar-refractivity contribution in [3.05, 3.63) is 48.4 Å². The second kappa shape index (κ2) is 6.06. The second-order valence-corrected chi connectivity index (χ2v) is 7.14. The summed E-state index contributed by atoms with van der Waals surface area (Å²) in [5.74, 6) is 1.61. The van der Waals surface area contributed by atoms with Crippen LogP contribution in [-0.2, 0) is 0 Å². The maximum Gasteiger partial charge on any atom is 0.158 e. The predicted molar refractivity (Wildman–Crippen MR) is 100 cm³/mol. The van der Waals surface area contributed by atoms with Crippen molar-refractivity contribution in [1.29, 1.82) is 5.26 Å². The van der Waals surface area contributed by atoms with Gasteiger partial charge in [0.05, 0.1) is 24.1 Å². The van der Waals surface area contributed by atoms with Crippen molar-refractivity contribution in [3.63, 3.8) is 0 Å². The van der Waals surface area contributed by atoms with E-state index >= 15 is 0 Å². The van der Waals surface area contributed by atoms with Crippen molar-refractivity contribution in [2.24, 2.45) is 5.92 Å². The first-order valence-electron chi connectivity index (χ1n) is 9.01. The SMILES string of the molecule is C[C@@H]1C[C@H](Nc2cnc(C#N)cn2)CC1c1cnc2cnc3[nH]ccc3n12. The van der Waals surface area contributed by atoms with Gasteiger partial charge >= 0.3 is 0 Å². The number of nitrogens with zero attached hydrogens (tertiary/aromatic N) is 6. The molecule has 1 aliphatic rings. The third-order valence-corrected chi connectivity index (χ3v) is 5.45. The van der Waals surface area contributed by atoms with Crippen LogP contribution >= 0.6 is 0 Å². The summed E-state index contributed by atoms with van der Waals surface area (Å²) in [7, 11) is 0. The highest BCUT2D eigenvalue weighted by Gasteiger charge is 2.34. The van der Waals surface area contributed by atoms with Crippen molar-refractivity contribution in [1.82, 2.24) is 29.3 Å². The van der Waals surface area contributed by atoms with Crippen molar-refractivity contribution in [2.75, 3.05) is 5.32 Å². The molecule has 0 saturated heterocycles. The average molecular weight is 358 g/mol. The summed E-state index contributed by atoms with van der Waals surface area (Å²) in [5, 5.41) is 12.3. The Morgan fingerprint density at radius 2 is 2.07 bits per heavy atom. The van der Waals surface area contributed by atoms with Gasteiger partial charge in [-0.3, -0.25) is 4.40 Å².